The van der Waals surface area contributed by atoms with Crippen LogP contribution in [0.15, 0.2) is 35.2 Å². The highest BCUT2D eigenvalue weighted by Gasteiger charge is 2.23. The van der Waals surface area contributed by atoms with E-state index in [0.717, 1.165) is 0 Å². The molecule has 1 heteroatoms. The second-order valence-electron chi connectivity index (χ2n) is 4.37. The summed E-state index contributed by atoms with van der Waals surface area (Å²) >= 11 is 2.02. The van der Waals surface area contributed by atoms with Gasteiger partial charge in [-0.25, -0.2) is 0 Å². The summed E-state index contributed by atoms with van der Waals surface area (Å²) in [5.41, 5.74) is 3.02. The van der Waals surface area contributed by atoms with Gasteiger partial charge in [0, 0.05) is 10.6 Å². The molecule has 0 N–H and O–H groups in total. The third kappa shape index (κ3) is 1.30. The Balaban J connectivity index is 2.45. The summed E-state index contributed by atoms with van der Waals surface area (Å²) in [4.78, 5) is 1.53. The molecule has 0 saturated heterocycles. The van der Waals surface area contributed by atoms with Crippen molar-refractivity contribution in [2.45, 2.75) is 24.7 Å². The topological polar surface area (TPSA) is 0 Å². The van der Waals surface area contributed by atoms with E-state index in [2.05, 4.69) is 44.2 Å². The Bertz CT molecular complexity index is 528. The quantitative estimate of drug-likeness (QED) is 0.628. The number of hydrogen-bond donors (Lipinski definition) is 0. The van der Waals surface area contributed by atoms with E-state index in [1.165, 1.54) is 27.0 Å². The molecule has 2 aromatic rings. The maximum atomic E-state index is 2.34. The van der Waals surface area contributed by atoms with Crippen molar-refractivity contribution in [1.82, 2.24) is 0 Å². The van der Waals surface area contributed by atoms with Gasteiger partial charge in [-0.3, -0.25) is 0 Å². The number of aryl methyl sites for hydroxylation is 1. The monoisotopic (exact) mass is 214 g/mol. The van der Waals surface area contributed by atoms with Crippen LogP contribution in [-0.4, -0.2) is 5.75 Å². The van der Waals surface area contributed by atoms with Crippen molar-refractivity contribution in [3.8, 4) is 0 Å². The first-order valence-corrected chi connectivity index (χ1v) is 6.41. The Kier molecular flexibility index (Phi) is 2.03. The molecule has 76 valence electrons. The van der Waals surface area contributed by atoms with Crippen molar-refractivity contribution in [2.75, 3.05) is 5.75 Å². The molecule has 15 heavy (non-hydrogen) atoms. The molecule has 1 aliphatic rings. The first kappa shape index (κ1) is 9.29. The highest BCUT2D eigenvalue weighted by molar-refractivity contribution is 7.99. The fourth-order valence-corrected chi connectivity index (χ4v) is 3.81. The third-order valence-electron chi connectivity index (χ3n) is 3.20. The average Bonchev–Trinajstić information content (AvgIpc) is 2.62. The van der Waals surface area contributed by atoms with Gasteiger partial charge in [-0.05, 0) is 34.7 Å². The molecule has 1 aliphatic heterocycles. The standard InChI is InChI=1S/C14H14S/c1-9-7-11-5-3-4-6-12(11)13-10(2)8-15-14(9)13/h3-7,10H,8H2,1-2H3. The summed E-state index contributed by atoms with van der Waals surface area (Å²) in [5.74, 6) is 1.94. The first-order valence-electron chi connectivity index (χ1n) is 5.42. The zero-order valence-corrected chi connectivity index (χ0v) is 9.90. The second-order valence-corrected chi connectivity index (χ2v) is 5.40. The van der Waals surface area contributed by atoms with Gasteiger partial charge >= 0.3 is 0 Å². The maximum Gasteiger partial charge on any atom is 0.0143 e. The molecule has 0 saturated carbocycles. The van der Waals surface area contributed by atoms with E-state index >= 15 is 0 Å². The molecular weight excluding hydrogens is 200 g/mol. The van der Waals surface area contributed by atoms with Gasteiger partial charge in [0.2, 0.25) is 0 Å². The summed E-state index contributed by atoms with van der Waals surface area (Å²) in [6.07, 6.45) is 0. The van der Waals surface area contributed by atoms with Crippen molar-refractivity contribution in [3.05, 3.63) is 41.5 Å². The smallest absolute Gasteiger partial charge is 0.0143 e. The molecule has 0 nitrogen and oxygen atoms in total. The molecule has 1 unspecified atom stereocenters. The minimum absolute atomic E-state index is 0.704. The number of hydrogen-bond acceptors (Lipinski definition) is 1. The number of thioether (sulfide) groups is 1. The molecule has 0 bridgehead atoms. The summed E-state index contributed by atoms with van der Waals surface area (Å²) < 4.78 is 0. The van der Waals surface area contributed by atoms with Crippen LogP contribution in [0.5, 0.6) is 0 Å². The van der Waals surface area contributed by atoms with Gasteiger partial charge < -0.3 is 0 Å². The van der Waals surface area contributed by atoms with E-state index in [1.54, 1.807) is 5.56 Å². The van der Waals surface area contributed by atoms with Crippen LogP contribution in [0.1, 0.15) is 24.0 Å². The normalized spacial score (nSPS) is 19.5. The Morgan fingerprint density at radius 3 is 2.93 bits per heavy atom. The molecule has 1 atom stereocenters. The number of fused-ring (bicyclic) bond motifs is 3. The van der Waals surface area contributed by atoms with Gasteiger partial charge in [-0.1, -0.05) is 37.3 Å². The highest BCUT2D eigenvalue weighted by atomic mass is 32.2. The molecule has 2 aromatic carbocycles. The van der Waals surface area contributed by atoms with Gasteiger partial charge in [-0.15, -0.1) is 11.8 Å². The minimum atomic E-state index is 0.704. The van der Waals surface area contributed by atoms with Crippen LogP contribution in [0.3, 0.4) is 0 Å². The molecule has 0 fully saturated rings. The van der Waals surface area contributed by atoms with E-state index in [-0.39, 0.29) is 0 Å². The molecule has 1 heterocycles. The fourth-order valence-electron chi connectivity index (χ4n) is 2.47. The molecule has 3 rings (SSSR count). The zero-order valence-electron chi connectivity index (χ0n) is 9.08. The number of benzene rings is 2. The fraction of sp³-hybridized carbons (Fsp3) is 0.286. The van der Waals surface area contributed by atoms with Crippen LogP contribution >= 0.6 is 11.8 Å². The summed E-state index contributed by atoms with van der Waals surface area (Å²) in [5, 5.41) is 2.85. The first-order chi connectivity index (χ1) is 7.27. The minimum Gasteiger partial charge on any atom is -0.125 e. The van der Waals surface area contributed by atoms with Crippen molar-refractivity contribution in [2.24, 2.45) is 0 Å². The van der Waals surface area contributed by atoms with Crippen LogP contribution < -0.4 is 0 Å². The van der Waals surface area contributed by atoms with Crippen LogP contribution in [0.25, 0.3) is 10.8 Å². The van der Waals surface area contributed by atoms with Crippen molar-refractivity contribution in [1.29, 1.82) is 0 Å². The highest BCUT2D eigenvalue weighted by Crippen LogP contribution is 2.45. The summed E-state index contributed by atoms with van der Waals surface area (Å²) in [7, 11) is 0. The third-order valence-corrected chi connectivity index (χ3v) is 4.69. The molecule has 0 spiro atoms. The Labute approximate surface area is 94.7 Å². The van der Waals surface area contributed by atoms with Gasteiger partial charge in [0.05, 0.1) is 0 Å². The van der Waals surface area contributed by atoms with E-state index in [9.17, 15) is 0 Å². The van der Waals surface area contributed by atoms with E-state index in [0.29, 0.717) is 5.92 Å². The Morgan fingerprint density at radius 2 is 2.07 bits per heavy atom. The van der Waals surface area contributed by atoms with Crippen molar-refractivity contribution < 1.29 is 0 Å². The molecule has 0 aliphatic carbocycles. The predicted molar refractivity (Wildman–Crippen MR) is 67.8 cm³/mol. The Morgan fingerprint density at radius 1 is 1.27 bits per heavy atom. The lowest BCUT2D eigenvalue weighted by atomic mass is 9.94. The molecule has 0 aromatic heterocycles. The van der Waals surface area contributed by atoms with Gasteiger partial charge in [0.15, 0.2) is 0 Å². The molecule has 0 amide bonds. The zero-order chi connectivity index (χ0) is 10.4. The predicted octanol–water partition coefficient (Wildman–Crippen LogP) is 4.36. The number of rotatable bonds is 0. The summed E-state index contributed by atoms with van der Waals surface area (Å²) in [6, 6.07) is 11.1. The van der Waals surface area contributed by atoms with Gasteiger partial charge in [0.1, 0.15) is 0 Å². The van der Waals surface area contributed by atoms with Gasteiger partial charge in [0.25, 0.3) is 0 Å². The summed E-state index contributed by atoms with van der Waals surface area (Å²) in [6.45, 7) is 4.57. The average molecular weight is 214 g/mol. The van der Waals surface area contributed by atoms with Crippen LogP contribution in [0, 0.1) is 6.92 Å². The lowest BCUT2D eigenvalue weighted by Crippen LogP contribution is -1.92. The van der Waals surface area contributed by atoms with Crippen molar-refractivity contribution in [3.63, 3.8) is 0 Å². The largest absolute Gasteiger partial charge is 0.125 e. The SMILES string of the molecule is Cc1cc2ccccc2c2c1SCC2C. The van der Waals surface area contributed by atoms with Crippen LogP contribution in [-0.2, 0) is 0 Å². The maximum absolute atomic E-state index is 2.34. The van der Waals surface area contributed by atoms with E-state index in [1.807, 2.05) is 11.8 Å². The van der Waals surface area contributed by atoms with Crippen LogP contribution in [0.4, 0.5) is 0 Å². The lowest BCUT2D eigenvalue weighted by molar-refractivity contribution is 0.890. The Hall–Kier alpha value is -0.950. The van der Waals surface area contributed by atoms with E-state index in [4.69, 9.17) is 0 Å². The van der Waals surface area contributed by atoms with Crippen LogP contribution in [0.2, 0.25) is 0 Å². The van der Waals surface area contributed by atoms with E-state index < -0.39 is 0 Å². The second kappa shape index (κ2) is 3.28. The molecule has 0 radical (unpaired) electrons. The van der Waals surface area contributed by atoms with Gasteiger partial charge in [-0.2, -0.15) is 0 Å². The molecular formula is C14H14S. The van der Waals surface area contributed by atoms with Crippen molar-refractivity contribution >= 4 is 22.5 Å². The lowest BCUT2D eigenvalue weighted by Gasteiger charge is -2.10.